The van der Waals surface area contributed by atoms with Crippen LogP contribution >= 0.6 is 11.6 Å². The van der Waals surface area contributed by atoms with Crippen LogP contribution in [0.5, 0.6) is 0 Å². The van der Waals surface area contributed by atoms with Crippen LogP contribution in [0.2, 0.25) is 0 Å². The Labute approximate surface area is 74.8 Å². The van der Waals surface area contributed by atoms with Gasteiger partial charge in [0.05, 0.1) is 12.2 Å². The first-order valence-electron chi connectivity index (χ1n) is 3.23. The summed E-state index contributed by atoms with van der Waals surface area (Å²) in [6.45, 7) is 0. The van der Waals surface area contributed by atoms with Gasteiger partial charge in [0.25, 0.3) is 0 Å². The van der Waals surface area contributed by atoms with Crippen molar-refractivity contribution in [2.24, 2.45) is 5.92 Å². The SMILES string of the molecule is O=C(O)C[C@H]1C=C(Cl)S(=O)(=O)C1. The molecule has 0 aromatic carbocycles. The van der Waals surface area contributed by atoms with Crippen molar-refractivity contribution in [1.29, 1.82) is 0 Å². The Hall–Kier alpha value is -0.550. The van der Waals surface area contributed by atoms with Crippen molar-refractivity contribution in [2.45, 2.75) is 6.42 Å². The van der Waals surface area contributed by atoms with Crippen LogP contribution in [0.15, 0.2) is 10.4 Å². The summed E-state index contributed by atoms with van der Waals surface area (Å²) in [5.41, 5.74) is 0. The van der Waals surface area contributed by atoms with E-state index in [1.54, 1.807) is 0 Å². The van der Waals surface area contributed by atoms with Crippen LogP contribution in [0.4, 0.5) is 0 Å². The molecule has 1 heterocycles. The summed E-state index contributed by atoms with van der Waals surface area (Å²) in [4.78, 5) is 10.2. The van der Waals surface area contributed by atoms with Gasteiger partial charge in [-0.3, -0.25) is 4.79 Å². The molecule has 6 heteroatoms. The molecule has 0 spiro atoms. The molecule has 1 rings (SSSR count). The second-order valence-electron chi connectivity index (χ2n) is 2.61. The second kappa shape index (κ2) is 3.06. The van der Waals surface area contributed by atoms with Crippen molar-refractivity contribution in [3.05, 3.63) is 10.4 Å². The molecule has 0 aliphatic carbocycles. The van der Waals surface area contributed by atoms with E-state index in [4.69, 9.17) is 16.7 Å². The van der Waals surface area contributed by atoms with Gasteiger partial charge in [0.2, 0.25) is 0 Å². The predicted octanol–water partition coefficient (Wildman–Crippen LogP) is 0.586. The molecule has 0 fully saturated rings. The molecule has 0 saturated carbocycles. The van der Waals surface area contributed by atoms with Crippen molar-refractivity contribution >= 4 is 27.4 Å². The third-order valence-electron chi connectivity index (χ3n) is 1.53. The quantitative estimate of drug-likeness (QED) is 0.724. The highest BCUT2D eigenvalue weighted by atomic mass is 35.5. The molecule has 1 aliphatic heterocycles. The highest BCUT2D eigenvalue weighted by Crippen LogP contribution is 2.27. The van der Waals surface area contributed by atoms with E-state index in [2.05, 4.69) is 0 Å². The number of hydrogen-bond acceptors (Lipinski definition) is 3. The molecule has 0 radical (unpaired) electrons. The summed E-state index contributed by atoms with van der Waals surface area (Å²) in [6, 6.07) is 0. The summed E-state index contributed by atoms with van der Waals surface area (Å²) in [5.74, 6) is -1.67. The number of sulfone groups is 1. The first kappa shape index (κ1) is 9.54. The number of hydrogen-bond donors (Lipinski definition) is 1. The maximum atomic E-state index is 11.0. The van der Waals surface area contributed by atoms with E-state index in [1.807, 2.05) is 0 Å². The van der Waals surface area contributed by atoms with Crippen molar-refractivity contribution in [3.63, 3.8) is 0 Å². The van der Waals surface area contributed by atoms with Crippen LogP contribution in [-0.4, -0.2) is 25.2 Å². The van der Waals surface area contributed by atoms with Gasteiger partial charge in [-0.15, -0.1) is 0 Å². The minimum absolute atomic E-state index is 0.182. The molecule has 1 aliphatic rings. The maximum absolute atomic E-state index is 11.0. The average Bonchev–Trinajstić information content (AvgIpc) is 2.04. The first-order chi connectivity index (χ1) is 5.42. The third kappa shape index (κ3) is 1.98. The molecule has 0 amide bonds. The lowest BCUT2D eigenvalue weighted by molar-refractivity contribution is -0.137. The van der Waals surface area contributed by atoms with Gasteiger partial charge in [0.15, 0.2) is 9.84 Å². The molecule has 0 saturated heterocycles. The van der Waals surface area contributed by atoms with Gasteiger partial charge in [-0.2, -0.15) is 0 Å². The van der Waals surface area contributed by atoms with Gasteiger partial charge >= 0.3 is 5.97 Å². The Morgan fingerprint density at radius 3 is 2.67 bits per heavy atom. The topological polar surface area (TPSA) is 71.4 Å². The van der Waals surface area contributed by atoms with E-state index >= 15 is 0 Å². The molecule has 1 atom stereocenters. The van der Waals surface area contributed by atoms with Crippen molar-refractivity contribution < 1.29 is 18.3 Å². The van der Waals surface area contributed by atoms with Crippen LogP contribution in [0, 0.1) is 5.92 Å². The lowest BCUT2D eigenvalue weighted by Crippen LogP contribution is -2.10. The fourth-order valence-electron chi connectivity index (χ4n) is 1.04. The van der Waals surface area contributed by atoms with Gasteiger partial charge in [0, 0.05) is 5.92 Å². The molecular weight excluding hydrogens is 204 g/mol. The zero-order chi connectivity index (χ0) is 9.35. The minimum Gasteiger partial charge on any atom is -0.481 e. The van der Waals surface area contributed by atoms with Crippen molar-refractivity contribution in [2.75, 3.05) is 5.75 Å². The monoisotopic (exact) mass is 210 g/mol. The smallest absolute Gasteiger partial charge is 0.303 e. The molecule has 0 aromatic rings. The molecule has 4 nitrogen and oxygen atoms in total. The maximum Gasteiger partial charge on any atom is 0.303 e. The Morgan fingerprint density at radius 2 is 2.33 bits per heavy atom. The standard InChI is InChI=1S/C6H7ClO4S/c7-5-1-4(2-6(8)9)3-12(5,10)11/h1,4H,2-3H2,(H,8,9)/t4-/m1/s1. The molecule has 12 heavy (non-hydrogen) atoms. The molecule has 0 aromatic heterocycles. The van der Waals surface area contributed by atoms with Crippen LogP contribution in [0.25, 0.3) is 0 Å². The van der Waals surface area contributed by atoms with E-state index < -0.39 is 21.7 Å². The fourth-order valence-corrected chi connectivity index (χ4v) is 2.74. The van der Waals surface area contributed by atoms with E-state index in [0.717, 1.165) is 0 Å². The van der Waals surface area contributed by atoms with E-state index in [1.165, 1.54) is 6.08 Å². The van der Waals surface area contributed by atoms with Gasteiger partial charge in [-0.05, 0) is 6.08 Å². The number of aliphatic carboxylic acids is 1. The van der Waals surface area contributed by atoms with Crippen molar-refractivity contribution in [3.8, 4) is 0 Å². The summed E-state index contributed by atoms with van der Waals surface area (Å²) in [7, 11) is -3.36. The van der Waals surface area contributed by atoms with Crippen LogP contribution < -0.4 is 0 Å². The Morgan fingerprint density at radius 1 is 1.75 bits per heavy atom. The fraction of sp³-hybridized carbons (Fsp3) is 0.500. The minimum atomic E-state index is -3.36. The lowest BCUT2D eigenvalue weighted by atomic mass is 10.1. The third-order valence-corrected chi connectivity index (χ3v) is 3.96. The highest BCUT2D eigenvalue weighted by molar-refractivity contribution is 7.97. The summed E-state index contributed by atoms with van der Waals surface area (Å²) in [6.07, 6.45) is 1.10. The molecular formula is C6H7ClO4S. The van der Waals surface area contributed by atoms with E-state index in [9.17, 15) is 13.2 Å². The largest absolute Gasteiger partial charge is 0.481 e. The molecule has 68 valence electrons. The number of carbonyl (C=O) groups is 1. The Kier molecular flexibility index (Phi) is 2.44. The number of carboxylic acid groups (broad SMARTS) is 1. The summed E-state index contributed by atoms with van der Waals surface area (Å²) in [5, 5.41) is 8.36. The van der Waals surface area contributed by atoms with E-state index in [-0.39, 0.29) is 16.5 Å². The van der Waals surface area contributed by atoms with Crippen LogP contribution in [0.1, 0.15) is 6.42 Å². The van der Waals surface area contributed by atoms with Gasteiger partial charge < -0.3 is 5.11 Å². The Bertz CT molecular complexity index is 329. The van der Waals surface area contributed by atoms with E-state index in [0.29, 0.717) is 0 Å². The Balaban J connectivity index is 2.74. The zero-order valence-electron chi connectivity index (χ0n) is 6.03. The number of allylic oxidation sites excluding steroid dienone is 1. The lowest BCUT2D eigenvalue weighted by Gasteiger charge is -1.99. The number of halogens is 1. The summed E-state index contributed by atoms with van der Waals surface area (Å²) >= 11 is 5.36. The average molecular weight is 211 g/mol. The first-order valence-corrected chi connectivity index (χ1v) is 5.27. The number of rotatable bonds is 2. The molecule has 0 bridgehead atoms. The normalized spacial score (nSPS) is 26.8. The van der Waals surface area contributed by atoms with Crippen molar-refractivity contribution in [1.82, 2.24) is 0 Å². The number of carboxylic acids is 1. The molecule has 1 N–H and O–H groups in total. The van der Waals surface area contributed by atoms with Gasteiger partial charge in [-0.25, -0.2) is 8.42 Å². The van der Waals surface area contributed by atoms with Gasteiger partial charge in [0.1, 0.15) is 4.36 Å². The van der Waals surface area contributed by atoms with Crippen LogP contribution in [0.3, 0.4) is 0 Å². The van der Waals surface area contributed by atoms with Gasteiger partial charge in [-0.1, -0.05) is 11.6 Å². The highest BCUT2D eigenvalue weighted by Gasteiger charge is 2.30. The summed E-state index contributed by atoms with van der Waals surface area (Å²) < 4.78 is 21.7. The van der Waals surface area contributed by atoms with Crippen LogP contribution in [-0.2, 0) is 14.6 Å². The molecule has 0 unspecified atom stereocenters. The second-order valence-corrected chi connectivity index (χ2v) is 5.24. The zero-order valence-corrected chi connectivity index (χ0v) is 7.60. The predicted molar refractivity (Wildman–Crippen MR) is 43.5 cm³/mol.